The normalized spacial score (nSPS) is 11.8. The number of esters is 1. The molecule has 0 spiro atoms. The van der Waals surface area contributed by atoms with Crippen molar-refractivity contribution in [2.45, 2.75) is 18.6 Å². The van der Waals surface area contributed by atoms with E-state index in [2.05, 4.69) is 15.0 Å². The van der Waals surface area contributed by atoms with Gasteiger partial charge in [0.15, 0.2) is 5.82 Å². The molecule has 8 heteroatoms. The maximum absolute atomic E-state index is 11.9. The van der Waals surface area contributed by atoms with Crippen LogP contribution in [0.4, 0.5) is 5.82 Å². The summed E-state index contributed by atoms with van der Waals surface area (Å²) < 4.78 is 4.52. The Labute approximate surface area is 131 Å². The molecule has 1 amide bonds. The predicted molar refractivity (Wildman–Crippen MR) is 81.4 cm³/mol. The zero-order valence-electron chi connectivity index (χ0n) is 11.0. The van der Waals surface area contributed by atoms with Crippen LogP contribution in [0.2, 0.25) is 10.0 Å². The van der Waals surface area contributed by atoms with Gasteiger partial charge in [-0.25, -0.2) is 4.98 Å². The van der Waals surface area contributed by atoms with Gasteiger partial charge in [-0.15, -0.1) is 11.8 Å². The van der Waals surface area contributed by atoms with Crippen LogP contribution in [-0.2, 0) is 14.3 Å². The second kappa shape index (κ2) is 8.34. The average Bonchev–Trinajstić information content (AvgIpc) is 2.41. The van der Waals surface area contributed by atoms with E-state index in [0.29, 0.717) is 10.8 Å². The number of thioether (sulfide) groups is 1. The summed E-state index contributed by atoms with van der Waals surface area (Å²) in [5, 5.41) is 2.94. The van der Waals surface area contributed by atoms with Crippen molar-refractivity contribution in [3.05, 3.63) is 22.3 Å². The second-order valence-electron chi connectivity index (χ2n) is 3.81. The molecule has 0 aliphatic carbocycles. The number of ether oxygens (including phenoxy) is 1. The minimum Gasteiger partial charge on any atom is -0.469 e. The Morgan fingerprint density at radius 3 is 2.80 bits per heavy atom. The summed E-state index contributed by atoms with van der Waals surface area (Å²) in [6.45, 7) is 1.74. The lowest BCUT2D eigenvalue weighted by atomic mass is 10.4. The summed E-state index contributed by atoms with van der Waals surface area (Å²) >= 11 is 13.0. The molecular formula is C12H14Cl2N2O3S. The third-order valence-corrected chi connectivity index (χ3v) is 3.97. The number of amides is 1. The molecule has 1 rings (SSSR count). The highest BCUT2D eigenvalue weighted by Gasteiger charge is 2.16. The van der Waals surface area contributed by atoms with E-state index in [-0.39, 0.29) is 34.4 Å². The van der Waals surface area contributed by atoms with E-state index in [1.54, 1.807) is 6.92 Å². The van der Waals surface area contributed by atoms with Gasteiger partial charge in [0.1, 0.15) is 0 Å². The molecule has 0 bridgehead atoms. The van der Waals surface area contributed by atoms with Crippen LogP contribution >= 0.6 is 35.0 Å². The molecule has 0 radical (unpaired) electrons. The van der Waals surface area contributed by atoms with Crippen LogP contribution in [0.1, 0.15) is 13.3 Å². The van der Waals surface area contributed by atoms with Crippen LogP contribution in [0.5, 0.6) is 0 Å². The van der Waals surface area contributed by atoms with E-state index in [9.17, 15) is 9.59 Å². The molecule has 0 unspecified atom stereocenters. The van der Waals surface area contributed by atoms with Gasteiger partial charge < -0.3 is 10.1 Å². The van der Waals surface area contributed by atoms with Crippen LogP contribution in [0.3, 0.4) is 0 Å². The summed E-state index contributed by atoms with van der Waals surface area (Å²) in [7, 11) is 1.33. The Bertz CT molecular complexity index is 500. The number of rotatable bonds is 6. The number of pyridine rings is 1. The van der Waals surface area contributed by atoms with Crippen molar-refractivity contribution in [3.8, 4) is 0 Å². The molecule has 1 aromatic heterocycles. The van der Waals surface area contributed by atoms with Gasteiger partial charge in [0.25, 0.3) is 0 Å². The lowest BCUT2D eigenvalue weighted by Gasteiger charge is -2.12. The third-order valence-electron chi connectivity index (χ3n) is 2.32. The summed E-state index contributed by atoms with van der Waals surface area (Å²) in [6.07, 6.45) is 1.66. The molecule has 20 heavy (non-hydrogen) atoms. The van der Waals surface area contributed by atoms with Crippen LogP contribution in [0, 0.1) is 0 Å². The zero-order valence-corrected chi connectivity index (χ0v) is 13.3. The maximum atomic E-state index is 11.9. The molecule has 110 valence electrons. The van der Waals surface area contributed by atoms with Crippen molar-refractivity contribution in [3.63, 3.8) is 0 Å². The van der Waals surface area contributed by atoms with E-state index in [1.165, 1.54) is 31.1 Å². The van der Waals surface area contributed by atoms with Gasteiger partial charge in [0, 0.05) is 11.9 Å². The summed E-state index contributed by atoms with van der Waals surface area (Å²) in [5.41, 5.74) is 0. The predicted octanol–water partition coefficient (Wildman–Crippen LogP) is 3.01. The van der Waals surface area contributed by atoms with Gasteiger partial charge in [-0.1, -0.05) is 23.2 Å². The van der Waals surface area contributed by atoms with Gasteiger partial charge >= 0.3 is 5.97 Å². The lowest BCUT2D eigenvalue weighted by Crippen LogP contribution is -2.23. The lowest BCUT2D eigenvalue weighted by molar-refractivity contribution is -0.140. The van der Waals surface area contributed by atoms with Gasteiger partial charge in [-0.05, 0) is 13.0 Å². The SMILES string of the molecule is COC(=O)CCS[C@H](C)C(=O)Nc1ncc(Cl)cc1Cl. The highest BCUT2D eigenvalue weighted by molar-refractivity contribution is 8.00. The number of carbonyl (C=O) groups excluding carboxylic acids is 2. The first-order chi connectivity index (χ1) is 9.43. The van der Waals surface area contributed by atoms with E-state index < -0.39 is 0 Å². The molecule has 1 heterocycles. The molecule has 0 saturated carbocycles. The van der Waals surface area contributed by atoms with Crippen LogP contribution in [-0.4, -0.2) is 35.0 Å². The number of aromatic nitrogens is 1. The smallest absolute Gasteiger partial charge is 0.306 e. The molecule has 5 nitrogen and oxygen atoms in total. The number of halogens is 2. The van der Waals surface area contributed by atoms with E-state index in [0.717, 1.165) is 0 Å². The number of methoxy groups -OCH3 is 1. The number of hydrogen-bond donors (Lipinski definition) is 1. The Morgan fingerprint density at radius 2 is 2.20 bits per heavy atom. The summed E-state index contributed by atoms with van der Waals surface area (Å²) in [4.78, 5) is 26.8. The Kier molecular flexibility index (Phi) is 7.12. The van der Waals surface area contributed by atoms with Crippen molar-refractivity contribution in [1.82, 2.24) is 4.98 Å². The summed E-state index contributed by atoms with van der Waals surface area (Å²) in [6, 6.07) is 1.50. The van der Waals surface area contributed by atoms with Crippen LogP contribution in [0.15, 0.2) is 12.3 Å². The van der Waals surface area contributed by atoms with Crippen molar-refractivity contribution < 1.29 is 14.3 Å². The Balaban J connectivity index is 2.47. The molecule has 0 aliphatic heterocycles. The summed E-state index contributed by atoms with van der Waals surface area (Å²) in [5.74, 6) is 0.230. The first-order valence-electron chi connectivity index (χ1n) is 5.74. The highest BCUT2D eigenvalue weighted by atomic mass is 35.5. The number of nitrogens with one attached hydrogen (secondary N) is 1. The fourth-order valence-corrected chi connectivity index (χ4v) is 2.50. The average molecular weight is 337 g/mol. The molecular weight excluding hydrogens is 323 g/mol. The van der Waals surface area contributed by atoms with Crippen molar-refractivity contribution in [2.24, 2.45) is 0 Å². The minimum absolute atomic E-state index is 0.239. The fourth-order valence-electron chi connectivity index (χ4n) is 1.22. The molecule has 1 aromatic rings. The van der Waals surface area contributed by atoms with Gasteiger partial charge in [-0.3, -0.25) is 9.59 Å². The second-order valence-corrected chi connectivity index (χ2v) is 6.10. The van der Waals surface area contributed by atoms with Gasteiger partial charge in [-0.2, -0.15) is 0 Å². The van der Waals surface area contributed by atoms with Crippen LogP contribution < -0.4 is 5.32 Å². The largest absolute Gasteiger partial charge is 0.469 e. The molecule has 0 aromatic carbocycles. The topological polar surface area (TPSA) is 68.3 Å². The Morgan fingerprint density at radius 1 is 1.50 bits per heavy atom. The van der Waals surface area contributed by atoms with E-state index in [1.807, 2.05) is 0 Å². The number of anilines is 1. The van der Waals surface area contributed by atoms with Crippen molar-refractivity contribution in [1.29, 1.82) is 0 Å². The molecule has 0 aliphatic rings. The van der Waals surface area contributed by atoms with Crippen molar-refractivity contribution in [2.75, 3.05) is 18.2 Å². The van der Waals surface area contributed by atoms with Gasteiger partial charge in [0.2, 0.25) is 5.91 Å². The number of hydrogen-bond acceptors (Lipinski definition) is 5. The Hall–Kier alpha value is -0.980. The number of carbonyl (C=O) groups is 2. The van der Waals surface area contributed by atoms with Crippen LogP contribution in [0.25, 0.3) is 0 Å². The van der Waals surface area contributed by atoms with Gasteiger partial charge in [0.05, 0.1) is 28.8 Å². The first kappa shape index (κ1) is 17.1. The van der Waals surface area contributed by atoms with E-state index in [4.69, 9.17) is 23.2 Å². The maximum Gasteiger partial charge on any atom is 0.306 e. The highest BCUT2D eigenvalue weighted by Crippen LogP contribution is 2.23. The third kappa shape index (κ3) is 5.56. The van der Waals surface area contributed by atoms with E-state index >= 15 is 0 Å². The molecule has 0 fully saturated rings. The molecule has 1 N–H and O–H groups in total. The first-order valence-corrected chi connectivity index (χ1v) is 7.55. The fraction of sp³-hybridized carbons (Fsp3) is 0.417. The zero-order chi connectivity index (χ0) is 15.1. The minimum atomic E-state index is -0.340. The molecule has 1 atom stereocenters. The number of nitrogens with zero attached hydrogens (tertiary/aromatic N) is 1. The monoisotopic (exact) mass is 336 g/mol. The quantitative estimate of drug-likeness (QED) is 0.808. The standard InChI is InChI=1S/C12H14Cl2N2O3S/c1-7(20-4-3-10(17)19-2)12(18)16-11-9(14)5-8(13)6-15-11/h5-7H,3-4H2,1-2H3,(H,15,16,18)/t7-/m1/s1. The molecule has 0 saturated heterocycles. The van der Waals surface area contributed by atoms with Crippen molar-refractivity contribution >= 4 is 52.7 Å².